The Labute approximate surface area is 173 Å². The fourth-order valence-corrected chi connectivity index (χ4v) is 3.06. The van der Waals surface area contributed by atoms with Crippen LogP contribution in [-0.4, -0.2) is 41.5 Å². The summed E-state index contributed by atoms with van der Waals surface area (Å²) in [4.78, 5) is 35.5. The third-order valence-electron chi connectivity index (χ3n) is 4.40. The molecule has 2 aromatic rings. The summed E-state index contributed by atoms with van der Waals surface area (Å²) in [7, 11) is 0. The largest absolute Gasteiger partial charge is 0.454 e. The van der Waals surface area contributed by atoms with Gasteiger partial charge in [-0.15, -0.1) is 0 Å². The number of nitrogens with zero attached hydrogens (tertiary/aromatic N) is 1. The summed E-state index contributed by atoms with van der Waals surface area (Å²) in [5, 5.41) is 2.48. The zero-order chi connectivity index (χ0) is 22.4. The molecule has 2 rings (SSSR count). The van der Waals surface area contributed by atoms with Gasteiger partial charge < -0.3 is 19.4 Å². The van der Waals surface area contributed by atoms with E-state index in [2.05, 4.69) is 10.1 Å². The number of ketones is 1. The van der Waals surface area contributed by atoms with Crippen molar-refractivity contribution < 1.29 is 32.6 Å². The van der Waals surface area contributed by atoms with Crippen molar-refractivity contribution in [1.82, 2.24) is 9.88 Å². The number of hydrogen-bond acceptors (Lipinski definition) is 5. The highest BCUT2D eigenvalue weighted by Crippen LogP contribution is 2.24. The molecule has 0 saturated heterocycles. The number of alkyl halides is 2. The third kappa shape index (κ3) is 5.88. The van der Waals surface area contributed by atoms with Crippen molar-refractivity contribution in [2.45, 2.75) is 46.8 Å². The average Bonchev–Trinajstić information content (AvgIpc) is 2.95. The molecule has 1 atom stereocenters. The molecule has 1 aromatic carbocycles. The number of benzene rings is 1. The summed E-state index contributed by atoms with van der Waals surface area (Å²) in [6, 6.07) is 7.74. The first-order chi connectivity index (χ1) is 14.1. The van der Waals surface area contributed by atoms with Crippen LogP contribution in [0, 0.1) is 13.8 Å². The van der Waals surface area contributed by atoms with Crippen LogP contribution >= 0.6 is 0 Å². The van der Waals surface area contributed by atoms with Crippen LogP contribution in [0.25, 0.3) is 5.69 Å². The van der Waals surface area contributed by atoms with Crippen LogP contribution in [0.1, 0.15) is 42.0 Å². The fourth-order valence-electron chi connectivity index (χ4n) is 3.06. The normalized spacial score (nSPS) is 11.8. The zero-order valence-electron chi connectivity index (χ0n) is 17.2. The molecule has 0 spiro atoms. The lowest BCUT2D eigenvalue weighted by molar-refractivity contribution is -0.146. The van der Waals surface area contributed by atoms with E-state index in [1.165, 1.54) is 26.0 Å². The van der Waals surface area contributed by atoms with E-state index in [4.69, 9.17) is 4.74 Å². The predicted octanol–water partition coefficient (Wildman–Crippen LogP) is 3.34. The van der Waals surface area contributed by atoms with Crippen LogP contribution in [0.4, 0.5) is 8.78 Å². The maximum atomic E-state index is 12.8. The first-order valence-electron chi connectivity index (χ1n) is 9.32. The van der Waals surface area contributed by atoms with Crippen LogP contribution in [0.15, 0.2) is 30.3 Å². The number of rotatable bonds is 9. The van der Waals surface area contributed by atoms with E-state index in [0.717, 1.165) is 5.69 Å². The molecule has 1 N–H and O–H groups in total. The molecule has 0 saturated carbocycles. The molecule has 1 aromatic heterocycles. The summed E-state index contributed by atoms with van der Waals surface area (Å²) >= 11 is 0. The van der Waals surface area contributed by atoms with Crippen molar-refractivity contribution in [2.24, 2.45) is 0 Å². The number of aromatic nitrogens is 1. The molecular formula is C21H24F2N2O5. The van der Waals surface area contributed by atoms with Crippen molar-refractivity contribution in [3.63, 3.8) is 0 Å². The molecule has 0 aliphatic carbocycles. The van der Waals surface area contributed by atoms with Gasteiger partial charge in [0.05, 0.1) is 6.42 Å². The molecule has 0 unspecified atom stereocenters. The van der Waals surface area contributed by atoms with Gasteiger partial charge in [0.15, 0.2) is 6.10 Å². The topological polar surface area (TPSA) is 86.6 Å². The first kappa shape index (κ1) is 23.1. The molecule has 7 nitrogen and oxygen atoms in total. The van der Waals surface area contributed by atoms with Crippen LogP contribution in [0.5, 0.6) is 5.75 Å². The van der Waals surface area contributed by atoms with E-state index in [9.17, 15) is 23.2 Å². The fraction of sp³-hybridized carbons (Fsp3) is 0.381. The lowest BCUT2D eigenvalue weighted by Crippen LogP contribution is -2.28. The molecule has 9 heteroatoms. The van der Waals surface area contributed by atoms with E-state index in [0.29, 0.717) is 16.9 Å². The molecule has 162 valence electrons. The van der Waals surface area contributed by atoms with Gasteiger partial charge in [-0.3, -0.25) is 14.4 Å². The van der Waals surface area contributed by atoms with Crippen molar-refractivity contribution in [2.75, 3.05) is 6.54 Å². The number of aryl methyl sites for hydroxylation is 1. The van der Waals surface area contributed by atoms with Crippen molar-refractivity contribution >= 4 is 17.7 Å². The molecule has 0 fully saturated rings. The van der Waals surface area contributed by atoms with E-state index in [1.54, 1.807) is 36.6 Å². The minimum Gasteiger partial charge on any atom is -0.454 e. The number of hydrogen-bond donors (Lipinski definition) is 1. The van der Waals surface area contributed by atoms with Crippen molar-refractivity contribution in [3.8, 4) is 11.4 Å². The Hall–Kier alpha value is -3.23. The van der Waals surface area contributed by atoms with Gasteiger partial charge in [0.2, 0.25) is 11.7 Å². The van der Waals surface area contributed by atoms with Gasteiger partial charge in [0, 0.05) is 36.1 Å². The molecule has 1 heterocycles. The molecule has 1 amide bonds. The molecular weight excluding hydrogens is 398 g/mol. The van der Waals surface area contributed by atoms with Crippen LogP contribution < -0.4 is 10.1 Å². The number of esters is 1. The van der Waals surface area contributed by atoms with Gasteiger partial charge in [-0.25, -0.2) is 0 Å². The Morgan fingerprint density at radius 2 is 1.77 bits per heavy atom. The maximum absolute atomic E-state index is 12.8. The quantitative estimate of drug-likeness (QED) is 0.495. The number of nitrogens with one attached hydrogen (secondary N) is 1. The van der Waals surface area contributed by atoms with Crippen molar-refractivity contribution in [3.05, 3.63) is 47.3 Å². The summed E-state index contributed by atoms with van der Waals surface area (Å²) in [6.45, 7) is 3.60. The lowest BCUT2D eigenvalue weighted by atomic mass is 10.1. The second-order valence-corrected chi connectivity index (χ2v) is 6.72. The van der Waals surface area contributed by atoms with Gasteiger partial charge in [0.25, 0.3) is 0 Å². The minimum absolute atomic E-state index is 0.0345. The summed E-state index contributed by atoms with van der Waals surface area (Å²) in [5.41, 5.74) is 2.44. The molecule has 30 heavy (non-hydrogen) atoms. The molecule has 0 aliphatic heterocycles. The molecule has 0 radical (unpaired) electrons. The standard InChI is InChI=1S/C21H24F2N2O5/c1-12-11-18(20(28)14(3)29-19(27)9-10-24-15(4)26)13(2)25(12)16-5-7-17(8-6-16)30-21(22)23/h5-8,11,14,21H,9-10H2,1-4H3,(H,24,26)/t14-/m1/s1. The Morgan fingerprint density at radius 3 is 2.33 bits per heavy atom. The number of Topliss-reactive ketones (excluding diaryl/α,β-unsaturated/α-hetero) is 1. The zero-order valence-corrected chi connectivity index (χ0v) is 17.2. The summed E-state index contributed by atoms with van der Waals surface area (Å²) < 4.78 is 36.0. The van der Waals surface area contributed by atoms with Gasteiger partial charge in [-0.1, -0.05) is 0 Å². The van der Waals surface area contributed by atoms with Crippen LogP contribution in [0.2, 0.25) is 0 Å². The highest BCUT2D eigenvalue weighted by atomic mass is 19.3. The second-order valence-electron chi connectivity index (χ2n) is 6.72. The van der Waals surface area contributed by atoms with E-state index >= 15 is 0 Å². The molecule has 0 bridgehead atoms. The summed E-state index contributed by atoms with van der Waals surface area (Å²) in [5.74, 6) is -1.17. The van der Waals surface area contributed by atoms with Gasteiger partial charge in [-0.05, 0) is 51.1 Å². The average molecular weight is 422 g/mol. The maximum Gasteiger partial charge on any atom is 0.387 e. The first-order valence-corrected chi connectivity index (χ1v) is 9.32. The number of carbonyl (C=O) groups is 3. The van der Waals surface area contributed by atoms with Gasteiger partial charge in [0.1, 0.15) is 5.75 Å². The lowest BCUT2D eigenvalue weighted by Gasteiger charge is -2.14. The Morgan fingerprint density at radius 1 is 1.13 bits per heavy atom. The Balaban J connectivity index is 2.13. The van der Waals surface area contributed by atoms with E-state index in [-0.39, 0.29) is 30.4 Å². The van der Waals surface area contributed by atoms with E-state index < -0.39 is 18.7 Å². The Kier molecular flexibility index (Phi) is 7.68. The molecule has 0 aliphatic rings. The SMILES string of the molecule is CC(=O)NCCC(=O)O[C@H](C)C(=O)c1cc(C)n(-c2ccc(OC(F)F)cc2)c1C. The second kappa shape index (κ2) is 10.00. The van der Waals surface area contributed by atoms with Crippen LogP contribution in [-0.2, 0) is 14.3 Å². The smallest absolute Gasteiger partial charge is 0.387 e. The van der Waals surface area contributed by atoms with Crippen LogP contribution in [0.3, 0.4) is 0 Å². The summed E-state index contributed by atoms with van der Waals surface area (Å²) in [6.07, 6.45) is -1.03. The van der Waals surface area contributed by atoms with Gasteiger partial charge >= 0.3 is 12.6 Å². The van der Waals surface area contributed by atoms with E-state index in [1.807, 2.05) is 0 Å². The number of halogens is 2. The highest BCUT2D eigenvalue weighted by Gasteiger charge is 2.24. The number of carbonyl (C=O) groups excluding carboxylic acids is 3. The Bertz CT molecular complexity index is 922. The number of ether oxygens (including phenoxy) is 2. The van der Waals surface area contributed by atoms with Crippen molar-refractivity contribution in [1.29, 1.82) is 0 Å². The number of amides is 1. The third-order valence-corrected chi connectivity index (χ3v) is 4.40. The minimum atomic E-state index is -2.91. The highest BCUT2D eigenvalue weighted by molar-refractivity contribution is 6.01. The monoisotopic (exact) mass is 422 g/mol. The van der Waals surface area contributed by atoms with Gasteiger partial charge in [-0.2, -0.15) is 8.78 Å². The predicted molar refractivity (Wildman–Crippen MR) is 105 cm³/mol.